The molecular weight excluding hydrogens is 346 g/mol. The van der Waals surface area contributed by atoms with Gasteiger partial charge < -0.3 is 24.1 Å². The molecule has 1 N–H and O–H groups in total. The highest BCUT2D eigenvalue weighted by atomic mass is 16.5. The van der Waals surface area contributed by atoms with Crippen molar-refractivity contribution in [1.82, 2.24) is 4.90 Å². The van der Waals surface area contributed by atoms with Gasteiger partial charge in [0.2, 0.25) is 0 Å². The van der Waals surface area contributed by atoms with Gasteiger partial charge in [0.1, 0.15) is 42.7 Å². The molecule has 2 aromatic rings. The van der Waals surface area contributed by atoms with Crippen LogP contribution in [0.25, 0.3) is 0 Å². The molecule has 1 heterocycles. The number of aliphatic hydroxyl groups excluding tert-OH is 1. The number of rotatable bonds is 9. The van der Waals surface area contributed by atoms with Crippen LogP contribution < -0.4 is 14.2 Å². The molecule has 0 aromatic heterocycles. The second-order valence-electron chi connectivity index (χ2n) is 6.52. The van der Waals surface area contributed by atoms with Gasteiger partial charge >= 0.3 is 0 Å². The zero-order chi connectivity index (χ0) is 18.9. The normalized spacial score (nSPS) is 18.7. The molecule has 0 saturated carbocycles. The van der Waals surface area contributed by atoms with Gasteiger partial charge in [-0.3, -0.25) is 4.90 Å². The monoisotopic (exact) mass is 373 g/mol. The molecule has 1 saturated heterocycles. The Kier molecular flexibility index (Phi) is 7.33. The Bertz CT molecular complexity index is 681. The minimum absolute atomic E-state index is 0.0350. The fourth-order valence-electron chi connectivity index (χ4n) is 2.99. The quantitative estimate of drug-likeness (QED) is 0.727. The fraction of sp³-hybridized carbons (Fsp3) is 0.429. The Hall–Kier alpha value is -2.28. The maximum atomic E-state index is 10.3. The van der Waals surface area contributed by atoms with E-state index in [-0.39, 0.29) is 12.7 Å². The first-order valence-electron chi connectivity index (χ1n) is 9.19. The lowest BCUT2D eigenvalue weighted by molar-refractivity contribution is -0.0601. The molecule has 1 aliphatic rings. The van der Waals surface area contributed by atoms with E-state index in [0.29, 0.717) is 26.3 Å². The molecule has 6 heteroatoms. The molecule has 2 aromatic carbocycles. The highest BCUT2D eigenvalue weighted by Gasteiger charge is 2.23. The lowest BCUT2D eigenvalue weighted by Crippen LogP contribution is -2.48. The smallest absolute Gasteiger partial charge is 0.123 e. The van der Waals surface area contributed by atoms with Gasteiger partial charge in [-0.1, -0.05) is 24.3 Å². The molecule has 0 bridgehead atoms. The molecule has 0 radical (unpaired) electrons. The van der Waals surface area contributed by atoms with Gasteiger partial charge in [-0.25, -0.2) is 0 Å². The number of morpholine rings is 1. The summed E-state index contributed by atoms with van der Waals surface area (Å²) in [4.78, 5) is 2.18. The van der Waals surface area contributed by atoms with E-state index in [1.807, 2.05) is 54.6 Å². The predicted molar refractivity (Wildman–Crippen MR) is 103 cm³/mol. The van der Waals surface area contributed by atoms with Gasteiger partial charge in [-0.15, -0.1) is 0 Å². The third-order valence-corrected chi connectivity index (χ3v) is 4.35. The van der Waals surface area contributed by atoms with Gasteiger partial charge in [-0.05, 0) is 24.3 Å². The second kappa shape index (κ2) is 10.2. The SMILES string of the molecule is COc1cccc(OC[C@@H]2CN(C[C@@H](O)COc3ccccc3)CCO2)c1. The summed E-state index contributed by atoms with van der Waals surface area (Å²) in [5, 5.41) is 10.3. The van der Waals surface area contributed by atoms with Crippen LogP contribution in [0.4, 0.5) is 0 Å². The van der Waals surface area contributed by atoms with E-state index >= 15 is 0 Å². The summed E-state index contributed by atoms with van der Waals surface area (Å²) in [6.07, 6.45) is -0.588. The predicted octanol–water partition coefficient (Wildman–Crippen LogP) is 2.21. The Labute approximate surface area is 160 Å². The molecule has 0 aliphatic carbocycles. The number of benzene rings is 2. The molecular formula is C21H27NO5. The van der Waals surface area contributed by atoms with Crippen LogP contribution in [0.1, 0.15) is 0 Å². The van der Waals surface area contributed by atoms with E-state index in [0.717, 1.165) is 23.8 Å². The van der Waals surface area contributed by atoms with Crippen LogP contribution in [0.15, 0.2) is 54.6 Å². The Morgan fingerprint density at radius 3 is 2.67 bits per heavy atom. The Morgan fingerprint density at radius 2 is 1.85 bits per heavy atom. The van der Waals surface area contributed by atoms with Crippen LogP contribution in [0.3, 0.4) is 0 Å². The Morgan fingerprint density at radius 1 is 1.07 bits per heavy atom. The molecule has 1 aliphatic heterocycles. The van der Waals surface area contributed by atoms with Crippen molar-refractivity contribution >= 4 is 0 Å². The van der Waals surface area contributed by atoms with Gasteiger partial charge in [0.15, 0.2) is 0 Å². The van der Waals surface area contributed by atoms with Crippen LogP contribution in [0, 0.1) is 0 Å². The average molecular weight is 373 g/mol. The number of nitrogens with zero attached hydrogens (tertiary/aromatic N) is 1. The molecule has 2 atom stereocenters. The number of aliphatic hydroxyl groups is 1. The van der Waals surface area contributed by atoms with E-state index in [9.17, 15) is 5.11 Å². The zero-order valence-corrected chi connectivity index (χ0v) is 15.6. The first-order chi connectivity index (χ1) is 13.2. The van der Waals surface area contributed by atoms with E-state index in [2.05, 4.69) is 4.90 Å². The summed E-state index contributed by atoms with van der Waals surface area (Å²) < 4.78 is 22.4. The van der Waals surface area contributed by atoms with Crippen molar-refractivity contribution in [3.05, 3.63) is 54.6 Å². The fourth-order valence-corrected chi connectivity index (χ4v) is 2.99. The highest BCUT2D eigenvalue weighted by Crippen LogP contribution is 2.19. The van der Waals surface area contributed by atoms with Crippen LogP contribution in [0.5, 0.6) is 17.2 Å². The van der Waals surface area contributed by atoms with Crippen molar-refractivity contribution in [3.8, 4) is 17.2 Å². The Balaban J connectivity index is 1.40. The van der Waals surface area contributed by atoms with Crippen molar-refractivity contribution in [3.63, 3.8) is 0 Å². The molecule has 6 nitrogen and oxygen atoms in total. The number of hydrogen-bond donors (Lipinski definition) is 1. The molecule has 0 unspecified atom stereocenters. The average Bonchev–Trinajstić information content (AvgIpc) is 2.72. The van der Waals surface area contributed by atoms with E-state index < -0.39 is 6.10 Å². The van der Waals surface area contributed by atoms with Crippen molar-refractivity contribution in [2.24, 2.45) is 0 Å². The minimum Gasteiger partial charge on any atom is -0.497 e. The standard InChI is InChI=1S/C21H27NO5/c1-24-19-8-5-9-20(12-19)27-16-21-14-22(10-11-25-21)13-17(23)15-26-18-6-3-2-4-7-18/h2-9,12,17,21,23H,10-11,13-16H2,1H3/t17-,21+/m1/s1. The van der Waals surface area contributed by atoms with Crippen molar-refractivity contribution in [1.29, 1.82) is 0 Å². The lowest BCUT2D eigenvalue weighted by Gasteiger charge is -2.33. The highest BCUT2D eigenvalue weighted by molar-refractivity contribution is 5.32. The first-order valence-corrected chi connectivity index (χ1v) is 9.19. The molecule has 1 fully saturated rings. The third kappa shape index (κ3) is 6.43. The van der Waals surface area contributed by atoms with E-state index in [1.165, 1.54) is 0 Å². The van der Waals surface area contributed by atoms with Crippen LogP contribution in [0.2, 0.25) is 0 Å². The van der Waals surface area contributed by atoms with Crippen LogP contribution >= 0.6 is 0 Å². The number of β-amino-alcohol motifs (C(OH)–C–C–N with tert-alkyl or cyclic N) is 1. The third-order valence-electron chi connectivity index (χ3n) is 4.35. The molecule has 27 heavy (non-hydrogen) atoms. The van der Waals surface area contributed by atoms with Crippen molar-refractivity contribution in [2.45, 2.75) is 12.2 Å². The topological polar surface area (TPSA) is 60.4 Å². The summed E-state index contributed by atoms with van der Waals surface area (Å²) in [5.74, 6) is 2.29. The van der Waals surface area contributed by atoms with Gasteiger partial charge in [0.05, 0.1) is 13.7 Å². The van der Waals surface area contributed by atoms with E-state index in [1.54, 1.807) is 7.11 Å². The molecule has 0 amide bonds. The van der Waals surface area contributed by atoms with Gasteiger partial charge in [0, 0.05) is 25.7 Å². The molecule has 0 spiro atoms. The summed E-state index contributed by atoms with van der Waals surface area (Å²) in [5.41, 5.74) is 0. The first kappa shape index (κ1) is 19.5. The van der Waals surface area contributed by atoms with Crippen molar-refractivity contribution in [2.75, 3.05) is 46.6 Å². The molecule has 146 valence electrons. The maximum Gasteiger partial charge on any atom is 0.123 e. The molecule has 3 rings (SSSR count). The number of para-hydroxylation sites is 1. The second-order valence-corrected chi connectivity index (χ2v) is 6.52. The number of ether oxygens (including phenoxy) is 4. The maximum absolute atomic E-state index is 10.3. The summed E-state index contributed by atoms with van der Waals surface area (Å²) in [6.45, 7) is 3.40. The van der Waals surface area contributed by atoms with Crippen LogP contribution in [-0.4, -0.2) is 68.8 Å². The van der Waals surface area contributed by atoms with Gasteiger partial charge in [0.25, 0.3) is 0 Å². The minimum atomic E-state index is -0.553. The van der Waals surface area contributed by atoms with E-state index in [4.69, 9.17) is 18.9 Å². The summed E-state index contributed by atoms with van der Waals surface area (Å²) >= 11 is 0. The summed E-state index contributed by atoms with van der Waals surface area (Å²) in [6, 6.07) is 17.0. The number of hydrogen-bond acceptors (Lipinski definition) is 6. The zero-order valence-electron chi connectivity index (χ0n) is 15.6. The van der Waals surface area contributed by atoms with Gasteiger partial charge in [-0.2, -0.15) is 0 Å². The number of methoxy groups -OCH3 is 1. The largest absolute Gasteiger partial charge is 0.497 e. The lowest BCUT2D eigenvalue weighted by atomic mass is 10.2. The van der Waals surface area contributed by atoms with Crippen molar-refractivity contribution < 1.29 is 24.1 Å². The van der Waals surface area contributed by atoms with Crippen LogP contribution in [-0.2, 0) is 4.74 Å². The summed E-state index contributed by atoms with van der Waals surface area (Å²) in [7, 11) is 1.63.